The molecule has 0 radical (unpaired) electrons. The van der Waals surface area contributed by atoms with Crippen molar-refractivity contribution in [2.24, 2.45) is 0 Å². The zero-order valence-corrected chi connectivity index (χ0v) is 34.4. The summed E-state index contributed by atoms with van der Waals surface area (Å²) < 4.78 is 12.4. The zero-order valence-electron chi connectivity index (χ0n) is 29.6. The number of ether oxygens (including phenoxy) is 2. The first-order valence-corrected chi connectivity index (χ1v) is 16.4. The average Bonchev–Trinajstić information content (AvgIpc) is 2.73. The molecule has 1 N–H and O–H groups in total. The van der Waals surface area contributed by atoms with Crippen LogP contribution in [-0.2, 0) is 23.9 Å². The smallest absolute Gasteiger partial charge is 0.306 e. The molecule has 0 saturated heterocycles. The van der Waals surface area contributed by atoms with Gasteiger partial charge in [-0.05, 0) is 92.9 Å². The number of carboxylic acid groups (broad SMARTS) is 1. The molecule has 0 aliphatic rings. The van der Waals surface area contributed by atoms with E-state index in [2.05, 4.69) is 58.2 Å². The summed E-state index contributed by atoms with van der Waals surface area (Å²) in [6, 6.07) is 0. The van der Waals surface area contributed by atoms with Crippen LogP contribution in [0.3, 0.4) is 0 Å². The molecule has 43 heavy (non-hydrogen) atoms. The second kappa shape index (κ2) is 28.0. The molecule has 0 aliphatic carbocycles. The fraction of sp³-hybridized carbons (Fsp3) is 0.906. The Kier molecular flexibility index (Phi) is 34.1. The van der Waals surface area contributed by atoms with E-state index in [0.29, 0.717) is 19.3 Å². The van der Waals surface area contributed by atoms with Gasteiger partial charge in [0.05, 0.1) is 55.4 Å². The fourth-order valence-electron chi connectivity index (χ4n) is 3.40. The van der Waals surface area contributed by atoms with Crippen LogP contribution in [0.15, 0.2) is 0 Å². The van der Waals surface area contributed by atoms with Gasteiger partial charge in [0, 0.05) is 24.6 Å². The summed E-state index contributed by atoms with van der Waals surface area (Å²) >= 11 is 3.35. The number of hydrogen-bond acceptors (Lipinski definition) is 5. The van der Waals surface area contributed by atoms with Crippen molar-refractivity contribution in [1.82, 2.24) is 0 Å². The van der Waals surface area contributed by atoms with Crippen LogP contribution < -0.4 is 34.0 Å². The Morgan fingerprint density at radius 2 is 0.860 bits per heavy atom. The lowest BCUT2D eigenvalue weighted by Crippen LogP contribution is -3.00. The number of quaternary nitrogens is 2. The van der Waals surface area contributed by atoms with Crippen molar-refractivity contribution in [1.29, 1.82) is 0 Å². The third-order valence-corrected chi connectivity index (χ3v) is 5.84. The molecule has 8 nitrogen and oxygen atoms in total. The Bertz CT molecular complexity index is 695. The van der Waals surface area contributed by atoms with Gasteiger partial charge in [-0.1, -0.05) is 22.4 Å². The molecule has 0 amide bonds. The number of hydrogen-bond donors (Lipinski definition) is 1. The summed E-state index contributed by atoms with van der Waals surface area (Å²) in [7, 11) is 13.0. The predicted molar refractivity (Wildman–Crippen MR) is 174 cm³/mol. The highest BCUT2D eigenvalue weighted by Crippen LogP contribution is 2.12. The molecular formula is C32H67Br3N2O6. The molecule has 0 heterocycles. The first kappa shape index (κ1) is 52.3. The first-order chi connectivity index (χ1) is 18.5. The van der Waals surface area contributed by atoms with E-state index in [1.54, 1.807) is 0 Å². The molecule has 0 fully saturated rings. The van der Waals surface area contributed by atoms with Gasteiger partial charge in [0.2, 0.25) is 0 Å². The molecule has 0 rings (SSSR count). The highest BCUT2D eigenvalue weighted by molar-refractivity contribution is 9.09. The van der Waals surface area contributed by atoms with Crippen molar-refractivity contribution in [3.63, 3.8) is 0 Å². The van der Waals surface area contributed by atoms with Gasteiger partial charge in [-0.3, -0.25) is 14.4 Å². The third kappa shape index (κ3) is 57.9. The second-order valence-electron chi connectivity index (χ2n) is 14.7. The molecule has 0 spiro atoms. The maximum atomic E-state index is 11.4. The Balaban J connectivity index is -0.000000166. The second-order valence-corrected chi connectivity index (χ2v) is 15.5. The molecule has 0 aromatic carbocycles. The highest BCUT2D eigenvalue weighted by atomic mass is 79.9. The van der Waals surface area contributed by atoms with Crippen molar-refractivity contribution < 1.29 is 71.9 Å². The van der Waals surface area contributed by atoms with Gasteiger partial charge in [-0.2, -0.15) is 0 Å². The summed E-state index contributed by atoms with van der Waals surface area (Å²) in [4.78, 5) is 32.7. The average molecular weight is 816 g/mol. The van der Waals surface area contributed by atoms with Crippen LogP contribution in [0.25, 0.3) is 0 Å². The Morgan fingerprint density at radius 1 is 0.558 bits per heavy atom. The van der Waals surface area contributed by atoms with Gasteiger partial charge in [0.15, 0.2) is 0 Å². The number of aliphatic carboxylic acids is 1. The zero-order chi connectivity index (χ0) is 32.8. The Labute approximate surface area is 294 Å². The number of nitrogens with zero attached hydrogens (tertiary/aromatic N) is 2. The Hall–Kier alpha value is -0.230. The third-order valence-electron chi connectivity index (χ3n) is 5.28. The number of rotatable bonds is 17. The van der Waals surface area contributed by atoms with Gasteiger partial charge >= 0.3 is 17.9 Å². The van der Waals surface area contributed by atoms with Gasteiger partial charge in [0.25, 0.3) is 0 Å². The number of unbranched alkanes of at least 4 members (excludes halogenated alkanes) is 6. The molecular weight excluding hydrogens is 748 g/mol. The minimum atomic E-state index is -0.680. The molecule has 0 saturated carbocycles. The number of carboxylic acids is 1. The normalized spacial score (nSPS) is 11.4. The van der Waals surface area contributed by atoms with Crippen LogP contribution in [0, 0.1) is 0 Å². The lowest BCUT2D eigenvalue weighted by Gasteiger charge is -2.23. The van der Waals surface area contributed by atoms with Crippen molar-refractivity contribution in [3.8, 4) is 0 Å². The van der Waals surface area contributed by atoms with E-state index in [4.69, 9.17) is 14.6 Å². The molecule has 11 heteroatoms. The first-order valence-electron chi connectivity index (χ1n) is 15.3. The predicted octanol–water partition coefficient (Wildman–Crippen LogP) is 1.22. The SMILES string of the molecule is CC(C)(C)OC(=O)CCCCCBr.CC(C)(C)OC(=O)CCCCC[N+](C)(C)C.C[N+](C)(C)CCCCCC(=O)O.[Br-].[Br-]. The number of alkyl halides is 1. The number of carbonyl (C=O) groups is 3. The van der Waals surface area contributed by atoms with Crippen LogP contribution in [-0.4, -0.2) is 104 Å². The van der Waals surface area contributed by atoms with Crippen molar-refractivity contribution in [2.45, 2.75) is 130 Å². The van der Waals surface area contributed by atoms with Crippen LogP contribution >= 0.6 is 15.9 Å². The quantitative estimate of drug-likeness (QED) is 0.103. The summed E-state index contributed by atoms with van der Waals surface area (Å²) in [5.41, 5.74) is -0.689. The van der Waals surface area contributed by atoms with E-state index >= 15 is 0 Å². The van der Waals surface area contributed by atoms with Gasteiger partial charge < -0.3 is 57.5 Å². The summed E-state index contributed by atoms with van der Waals surface area (Å²) in [6.07, 6.45) is 10.7. The fourth-order valence-corrected chi connectivity index (χ4v) is 3.79. The molecule has 0 atom stereocenters. The topological polar surface area (TPSA) is 89.9 Å². The van der Waals surface area contributed by atoms with E-state index in [9.17, 15) is 14.4 Å². The molecule has 262 valence electrons. The summed E-state index contributed by atoms with van der Waals surface area (Å²) in [5.74, 6) is -0.833. The van der Waals surface area contributed by atoms with Gasteiger partial charge in [0.1, 0.15) is 11.2 Å². The molecule has 0 aromatic heterocycles. The monoisotopic (exact) mass is 812 g/mol. The largest absolute Gasteiger partial charge is 1.00 e. The highest BCUT2D eigenvalue weighted by Gasteiger charge is 2.16. The van der Waals surface area contributed by atoms with Crippen molar-refractivity contribution in [2.75, 3.05) is 60.7 Å². The van der Waals surface area contributed by atoms with E-state index in [1.165, 1.54) is 6.42 Å². The van der Waals surface area contributed by atoms with Crippen molar-refractivity contribution in [3.05, 3.63) is 0 Å². The number of esters is 2. The molecule has 0 unspecified atom stereocenters. The van der Waals surface area contributed by atoms with Gasteiger partial charge in [-0.15, -0.1) is 0 Å². The maximum absolute atomic E-state index is 11.4. The van der Waals surface area contributed by atoms with Crippen LogP contribution in [0.5, 0.6) is 0 Å². The molecule has 0 bridgehead atoms. The van der Waals surface area contributed by atoms with Crippen LogP contribution in [0.4, 0.5) is 0 Å². The van der Waals surface area contributed by atoms with Crippen LogP contribution in [0.1, 0.15) is 119 Å². The van der Waals surface area contributed by atoms with E-state index < -0.39 is 5.97 Å². The maximum Gasteiger partial charge on any atom is 0.306 e. The minimum Gasteiger partial charge on any atom is -1.00 e. The van der Waals surface area contributed by atoms with E-state index in [0.717, 1.165) is 78.8 Å². The lowest BCUT2D eigenvalue weighted by atomic mass is 10.1. The van der Waals surface area contributed by atoms with Gasteiger partial charge in [-0.25, -0.2) is 0 Å². The lowest BCUT2D eigenvalue weighted by molar-refractivity contribution is -0.870. The van der Waals surface area contributed by atoms with Crippen molar-refractivity contribution >= 4 is 33.8 Å². The number of carbonyl (C=O) groups excluding carboxylic acids is 2. The molecule has 0 aliphatic heterocycles. The van der Waals surface area contributed by atoms with E-state index in [-0.39, 0.29) is 57.1 Å². The Morgan fingerprint density at radius 3 is 1.12 bits per heavy atom. The summed E-state index contributed by atoms with van der Waals surface area (Å²) in [6.45, 7) is 13.7. The van der Waals surface area contributed by atoms with Crippen LogP contribution in [0.2, 0.25) is 0 Å². The summed E-state index contributed by atoms with van der Waals surface area (Å²) in [5, 5.41) is 9.38. The number of halogens is 3. The standard InChI is InChI=1S/C13H28NO2.C10H19BrO2.C9H19NO2.2BrH/c1-13(2,3)16-12(15)10-8-7-9-11-14(4,5)6;1-10(2,3)13-9(12)7-5-4-6-8-11;1-10(2,3)8-6-4-5-7-9(11)12;;/h7-11H2,1-6H3;4-8H2,1-3H3;4-8H2,1-3H3;2*1H/q+1;;;;/p-1. The molecule has 0 aromatic rings. The van der Waals surface area contributed by atoms with E-state index in [1.807, 2.05) is 41.5 Å². The minimum absolute atomic E-state index is 0.